The van der Waals surface area contributed by atoms with E-state index in [1.807, 2.05) is 27.7 Å². The largest absolute Gasteiger partial charge is 0.444 e. The average Bonchev–Trinajstić information content (AvgIpc) is 2.15. The lowest BCUT2D eigenvalue weighted by Gasteiger charge is -2.44. The van der Waals surface area contributed by atoms with Crippen LogP contribution in [0.1, 0.15) is 27.7 Å². The summed E-state index contributed by atoms with van der Waals surface area (Å²) < 4.78 is 5.38. The molecule has 0 aromatic heterocycles. The molecule has 4 nitrogen and oxygen atoms in total. The SMILES string of the molecule is CC(C)(C)OC(=O)N1CCNCC1(C)CCl. The number of halogens is 1. The quantitative estimate of drug-likeness (QED) is 0.720. The van der Waals surface area contributed by atoms with E-state index in [1.54, 1.807) is 4.90 Å². The highest BCUT2D eigenvalue weighted by atomic mass is 35.5. The second-order valence-electron chi connectivity index (χ2n) is 5.44. The molecule has 5 heteroatoms. The summed E-state index contributed by atoms with van der Waals surface area (Å²) in [6.07, 6.45) is -0.280. The van der Waals surface area contributed by atoms with Crippen molar-refractivity contribution in [2.24, 2.45) is 0 Å². The summed E-state index contributed by atoms with van der Waals surface area (Å²) in [5.74, 6) is 0.402. The highest BCUT2D eigenvalue weighted by molar-refractivity contribution is 6.18. The minimum Gasteiger partial charge on any atom is -0.444 e. The summed E-state index contributed by atoms with van der Waals surface area (Å²) in [5.41, 5.74) is -0.822. The van der Waals surface area contributed by atoms with Gasteiger partial charge in [-0.3, -0.25) is 4.90 Å². The maximum absolute atomic E-state index is 12.0. The maximum atomic E-state index is 12.0. The van der Waals surface area contributed by atoms with Crippen molar-refractivity contribution < 1.29 is 9.53 Å². The molecule has 1 amide bonds. The molecule has 0 radical (unpaired) electrons. The smallest absolute Gasteiger partial charge is 0.410 e. The number of nitrogens with one attached hydrogen (secondary N) is 1. The van der Waals surface area contributed by atoms with E-state index < -0.39 is 5.60 Å². The Morgan fingerprint density at radius 2 is 2.19 bits per heavy atom. The number of ether oxygens (including phenoxy) is 1. The van der Waals surface area contributed by atoms with Crippen LogP contribution in [0.4, 0.5) is 4.79 Å². The van der Waals surface area contributed by atoms with E-state index in [-0.39, 0.29) is 11.6 Å². The van der Waals surface area contributed by atoms with Crippen LogP contribution in [0.3, 0.4) is 0 Å². The monoisotopic (exact) mass is 248 g/mol. The lowest BCUT2D eigenvalue weighted by Crippen LogP contribution is -2.63. The molecular weight excluding hydrogens is 228 g/mol. The predicted molar refractivity (Wildman–Crippen MR) is 64.9 cm³/mol. The Bertz CT molecular complexity index is 265. The molecule has 94 valence electrons. The molecule has 1 fully saturated rings. The maximum Gasteiger partial charge on any atom is 0.410 e. The number of piperazine rings is 1. The van der Waals surface area contributed by atoms with Crippen molar-refractivity contribution in [1.82, 2.24) is 10.2 Å². The summed E-state index contributed by atoms with van der Waals surface area (Å²) in [5, 5.41) is 3.24. The number of nitrogens with zero attached hydrogens (tertiary/aromatic N) is 1. The van der Waals surface area contributed by atoms with E-state index in [0.29, 0.717) is 19.0 Å². The van der Waals surface area contributed by atoms with Gasteiger partial charge in [0.05, 0.1) is 5.54 Å². The van der Waals surface area contributed by atoms with Gasteiger partial charge in [0.25, 0.3) is 0 Å². The van der Waals surface area contributed by atoms with E-state index in [1.165, 1.54) is 0 Å². The van der Waals surface area contributed by atoms with Crippen molar-refractivity contribution in [2.75, 3.05) is 25.5 Å². The first-order valence-corrected chi connectivity index (χ1v) is 6.09. The Morgan fingerprint density at radius 3 is 2.69 bits per heavy atom. The van der Waals surface area contributed by atoms with E-state index in [4.69, 9.17) is 16.3 Å². The van der Waals surface area contributed by atoms with Crippen LogP contribution in [0.5, 0.6) is 0 Å². The second-order valence-corrected chi connectivity index (χ2v) is 5.71. The molecule has 1 N–H and O–H groups in total. The standard InChI is InChI=1S/C11H21ClN2O2/c1-10(2,3)16-9(15)14-6-5-13-8-11(14,4)7-12/h13H,5-8H2,1-4H3. The molecule has 0 spiro atoms. The zero-order valence-electron chi connectivity index (χ0n) is 10.5. The minimum atomic E-state index is -0.463. The van der Waals surface area contributed by atoms with Crippen LogP contribution in [0.2, 0.25) is 0 Å². The Labute approximate surface area is 102 Å². The van der Waals surface area contributed by atoms with Gasteiger partial charge in [0, 0.05) is 25.5 Å². The van der Waals surface area contributed by atoms with Crippen LogP contribution in [-0.4, -0.2) is 47.6 Å². The Hall–Kier alpha value is -0.480. The molecule has 1 atom stereocenters. The summed E-state index contributed by atoms with van der Waals surface area (Å²) in [6.45, 7) is 9.69. The van der Waals surface area contributed by atoms with E-state index in [0.717, 1.165) is 6.54 Å². The highest BCUT2D eigenvalue weighted by Crippen LogP contribution is 2.22. The number of alkyl halides is 1. The fourth-order valence-corrected chi connectivity index (χ4v) is 1.90. The first-order valence-electron chi connectivity index (χ1n) is 5.56. The Balaban J connectivity index is 2.72. The van der Waals surface area contributed by atoms with Gasteiger partial charge in [-0.15, -0.1) is 11.6 Å². The number of rotatable bonds is 1. The van der Waals surface area contributed by atoms with Gasteiger partial charge >= 0.3 is 6.09 Å². The van der Waals surface area contributed by atoms with Crippen LogP contribution in [-0.2, 0) is 4.74 Å². The number of carbonyl (C=O) groups excluding carboxylic acids is 1. The second kappa shape index (κ2) is 4.80. The van der Waals surface area contributed by atoms with Crippen molar-refractivity contribution in [3.63, 3.8) is 0 Å². The molecule has 1 unspecified atom stereocenters. The van der Waals surface area contributed by atoms with Gasteiger partial charge in [0.1, 0.15) is 5.60 Å². The minimum absolute atomic E-state index is 0.280. The van der Waals surface area contributed by atoms with Crippen LogP contribution in [0, 0.1) is 0 Å². The fourth-order valence-electron chi connectivity index (χ4n) is 1.66. The number of hydrogen-bond acceptors (Lipinski definition) is 3. The third-order valence-electron chi connectivity index (χ3n) is 2.57. The lowest BCUT2D eigenvalue weighted by molar-refractivity contribution is -0.00197. The molecule has 0 aliphatic carbocycles. The van der Waals surface area contributed by atoms with Crippen LogP contribution in [0.15, 0.2) is 0 Å². The van der Waals surface area contributed by atoms with Gasteiger partial charge in [-0.25, -0.2) is 4.79 Å². The van der Waals surface area contributed by atoms with Crippen molar-refractivity contribution in [1.29, 1.82) is 0 Å². The highest BCUT2D eigenvalue weighted by Gasteiger charge is 2.38. The zero-order chi connectivity index (χ0) is 12.4. The van der Waals surface area contributed by atoms with Gasteiger partial charge in [-0.2, -0.15) is 0 Å². The number of carbonyl (C=O) groups is 1. The molecule has 1 rings (SSSR count). The average molecular weight is 249 g/mol. The predicted octanol–water partition coefficient (Wildman–Crippen LogP) is 1.82. The molecular formula is C11H21ClN2O2. The molecule has 16 heavy (non-hydrogen) atoms. The lowest BCUT2D eigenvalue weighted by atomic mass is 10.0. The van der Waals surface area contributed by atoms with Gasteiger partial charge < -0.3 is 10.1 Å². The summed E-state index contributed by atoms with van der Waals surface area (Å²) in [7, 11) is 0. The Kier molecular flexibility index (Phi) is 4.07. The number of amides is 1. The molecule has 1 aliphatic heterocycles. The third kappa shape index (κ3) is 3.25. The number of hydrogen-bond donors (Lipinski definition) is 1. The van der Waals surface area contributed by atoms with Gasteiger partial charge in [0.2, 0.25) is 0 Å². The van der Waals surface area contributed by atoms with Crippen molar-refractivity contribution in [3.8, 4) is 0 Å². The summed E-state index contributed by atoms with van der Waals surface area (Å²) in [4.78, 5) is 13.7. The third-order valence-corrected chi connectivity index (χ3v) is 3.15. The normalized spacial score (nSPS) is 26.7. The summed E-state index contributed by atoms with van der Waals surface area (Å²) >= 11 is 5.94. The van der Waals surface area contributed by atoms with Crippen molar-refractivity contribution in [3.05, 3.63) is 0 Å². The van der Waals surface area contributed by atoms with Crippen LogP contribution in [0.25, 0.3) is 0 Å². The van der Waals surface area contributed by atoms with Crippen molar-refractivity contribution in [2.45, 2.75) is 38.8 Å². The molecule has 1 aliphatic rings. The first kappa shape index (κ1) is 13.6. The molecule has 1 heterocycles. The van der Waals surface area contributed by atoms with Crippen LogP contribution >= 0.6 is 11.6 Å². The summed E-state index contributed by atoms with van der Waals surface area (Å²) in [6, 6.07) is 0. The fraction of sp³-hybridized carbons (Fsp3) is 0.909. The molecule has 0 aromatic carbocycles. The molecule has 1 saturated heterocycles. The molecule has 0 saturated carbocycles. The van der Waals surface area contributed by atoms with Crippen molar-refractivity contribution >= 4 is 17.7 Å². The molecule has 0 bridgehead atoms. The van der Waals surface area contributed by atoms with E-state index >= 15 is 0 Å². The zero-order valence-corrected chi connectivity index (χ0v) is 11.2. The topological polar surface area (TPSA) is 41.6 Å². The molecule has 0 aromatic rings. The van der Waals surface area contributed by atoms with Gasteiger partial charge in [-0.05, 0) is 27.7 Å². The van der Waals surface area contributed by atoms with Gasteiger partial charge in [-0.1, -0.05) is 0 Å². The first-order chi connectivity index (χ1) is 7.28. The van der Waals surface area contributed by atoms with Crippen LogP contribution < -0.4 is 5.32 Å². The van der Waals surface area contributed by atoms with E-state index in [2.05, 4.69) is 5.32 Å². The Morgan fingerprint density at radius 1 is 1.56 bits per heavy atom. The van der Waals surface area contributed by atoms with E-state index in [9.17, 15) is 4.79 Å². The van der Waals surface area contributed by atoms with Gasteiger partial charge in [0.15, 0.2) is 0 Å².